The molecule has 0 radical (unpaired) electrons. The van der Waals surface area contributed by atoms with Crippen molar-refractivity contribution in [3.8, 4) is 11.5 Å². The first-order chi connectivity index (χ1) is 15.9. The number of para-hydroxylation sites is 2. The van der Waals surface area contributed by atoms with E-state index in [9.17, 15) is 14.4 Å². The van der Waals surface area contributed by atoms with Crippen molar-refractivity contribution in [1.29, 1.82) is 0 Å². The molecule has 1 unspecified atom stereocenters. The van der Waals surface area contributed by atoms with Crippen LogP contribution >= 0.6 is 11.6 Å². The predicted molar refractivity (Wildman–Crippen MR) is 122 cm³/mol. The Hall–Kier alpha value is -3.10. The van der Waals surface area contributed by atoms with Crippen molar-refractivity contribution in [3.05, 3.63) is 53.1 Å². The summed E-state index contributed by atoms with van der Waals surface area (Å²) in [5.41, 5.74) is -0.505. The van der Waals surface area contributed by atoms with E-state index in [-0.39, 0.29) is 19.6 Å². The van der Waals surface area contributed by atoms with Crippen LogP contribution < -0.4 is 14.4 Å². The van der Waals surface area contributed by atoms with Crippen molar-refractivity contribution in [3.63, 3.8) is 0 Å². The van der Waals surface area contributed by atoms with E-state index in [2.05, 4.69) is 0 Å². The third kappa shape index (κ3) is 3.94. The predicted octanol–water partition coefficient (Wildman–Crippen LogP) is 2.81. The number of carbonyl (C=O) groups excluding carboxylic acids is 3. The Morgan fingerprint density at radius 2 is 1.67 bits per heavy atom. The number of benzene rings is 2. The summed E-state index contributed by atoms with van der Waals surface area (Å²) in [6, 6.07) is 12.3. The summed E-state index contributed by atoms with van der Waals surface area (Å²) in [6.45, 7) is 0.969. The van der Waals surface area contributed by atoms with Crippen LogP contribution in [-0.2, 0) is 24.5 Å². The highest BCUT2D eigenvalue weighted by molar-refractivity contribution is 6.32. The largest absolute Gasteiger partial charge is 0.493 e. The minimum absolute atomic E-state index is 0.103. The Kier molecular flexibility index (Phi) is 6.58. The number of fused-ring (bicyclic) bond motifs is 2. The Balaban J connectivity index is 1.54. The minimum atomic E-state index is -1.57. The van der Waals surface area contributed by atoms with Gasteiger partial charge in [0, 0.05) is 29.9 Å². The summed E-state index contributed by atoms with van der Waals surface area (Å²) < 4.78 is 16.1. The first kappa shape index (κ1) is 23.1. The van der Waals surface area contributed by atoms with Gasteiger partial charge in [-0.1, -0.05) is 23.7 Å². The molecular weight excluding hydrogens is 448 g/mol. The van der Waals surface area contributed by atoms with E-state index >= 15 is 0 Å². The van der Waals surface area contributed by atoms with Crippen LogP contribution in [-0.4, -0.2) is 63.1 Å². The molecular formula is C24H25ClN2O6. The number of amides is 3. The summed E-state index contributed by atoms with van der Waals surface area (Å²) >= 11 is 6.22. The number of nitrogens with zero attached hydrogens (tertiary/aromatic N) is 2. The van der Waals surface area contributed by atoms with Gasteiger partial charge in [-0.3, -0.25) is 19.3 Å². The summed E-state index contributed by atoms with van der Waals surface area (Å²) in [7, 11) is 3.06. The molecule has 0 saturated carbocycles. The van der Waals surface area contributed by atoms with E-state index in [4.69, 9.17) is 25.8 Å². The lowest BCUT2D eigenvalue weighted by molar-refractivity contribution is -0.142. The molecule has 0 N–H and O–H groups in total. The summed E-state index contributed by atoms with van der Waals surface area (Å²) in [4.78, 5) is 42.4. The van der Waals surface area contributed by atoms with Gasteiger partial charge < -0.3 is 19.1 Å². The molecule has 0 bridgehead atoms. The number of halogens is 1. The molecule has 2 aliphatic heterocycles. The SMILES string of the molecule is COCCN1C(=O)CC2(C1=O)C(=O)N(CCCOc1ccccc1OC)c1ccc(Cl)cc12. The molecule has 33 heavy (non-hydrogen) atoms. The second kappa shape index (κ2) is 9.41. The highest BCUT2D eigenvalue weighted by Crippen LogP contribution is 2.49. The molecule has 1 fully saturated rings. The molecule has 2 aromatic rings. The number of imide groups is 1. The summed E-state index contributed by atoms with van der Waals surface area (Å²) in [5.74, 6) is -0.0829. The van der Waals surface area contributed by atoms with Gasteiger partial charge in [0.1, 0.15) is 0 Å². The number of rotatable bonds is 9. The quantitative estimate of drug-likeness (QED) is 0.317. The first-order valence-electron chi connectivity index (χ1n) is 10.7. The van der Waals surface area contributed by atoms with Crippen LogP contribution in [0.4, 0.5) is 5.69 Å². The van der Waals surface area contributed by atoms with Crippen molar-refractivity contribution in [1.82, 2.24) is 4.90 Å². The maximum atomic E-state index is 13.6. The van der Waals surface area contributed by atoms with Crippen molar-refractivity contribution >= 4 is 35.0 Å². The Morgan fingerprint density at radius 3 is 2.39 bits per heavy atom. The number of hydrogen-bond donors (Lipinski definition) is 0. The van der Waals surface area contributed by atoms with E-state index < -0.39 is 23.1 Å². The summed E-state index contributed by atoms with van der Waals surface area (Å²) in [5, 5.41) is 0.401. The molecule has 0 aliphatic carbocycles. The van der Waals surface area contributed by atoms with Crippen molar-refractivity contribution < 1.29 is 28.6 Å². The lowest BCUT2D eigenvalue weighted by Gasteiger charge is -2.22. The molecule has 1 spiro atoms. The second-order valence-electron chi connectivity index (χ2n) is 7.90. The van der Waals surface area contributed by atoms with E-state index in [1.165, 1.54) is 7.11 Å². The fourth-order valence-corrected chi connectivity index (χ4v) is 4.61. The van der Waals surface area contributed by atoms with E-state index in [0.29, 0.717) is 47.3 Å². The van der Waals surface area contributed by atoms with Crippen LogP contribution in [0.1, 0.15) is 18.4 Å². The zero-order valence-corrected chi connectivity index (χ0v) is 19.3. The monoisotopic (exact) mass is 472 g/mol. The van der Waals surface area contributed by atoms with Crippen molar-refractivity contribution in [2.75, 3.05) is 45.4 Å². The van der Waals surface area contributed by atoms with E-state index in [0.717, 1.165) is 4.90 Å². The van der Waals surface area contributed by atoms with Crippen LogP contribution in [0, 0.1) is 0 Å². The third-order valence-electron chi connectivity index (χ3n) is 6.02. The normalized spacial score (nSPS) is 19.5. The fourth-order valence-electron chi connectivity index (χ4n) is 4.43. The zero-order chi connectivity index (χ0) is 23.6. The molecule has 9 heteroatoms. The smallest absolute Gasteiger partial charge is 0.250 e. The number of hydrogen-bond acceptors (Lipinski definition) is 6. The minimum Gasteiger partial charge on any atom is -0.493 e. The van der Waals surface area contributed by atoms with Crippen molar-refractivity contribution in [2.24, 2.45) is 0 Å². The molecule has 0 aromatic heterocycles. The highest BCUT2D eigenvalue weighted by Gasteiger charge is 2.63. The van der Waals surface area contributed by atoms with Crippen LogP contribution in [0.15, 0.2) is 42.5 Å². The highest BCUT2D eigenvalue weighted by atomic mass is 35.5. The number of methoxy groups -OCH3 is 2. The average Bonchev–Trinajstić information content (AvgIpc) is 3.20. The lowest BCUT2D eigenvalue weighted by Crippen LogP contribution is -2.47. The zero-order valence-electron chi connectivity index (χ0n) is 18.5. The molecule has 1 atom stereocenters. The van der Waals surface area contributed by atoms with Gasteiger partial charge in [0.15, 0.2) is 16.9 Å². The standard InChI is InChI=1S/C24H25ClN2O6/c1-31-13-11-27-21(28)15-24(23(27)30)17-14-16(25)8-9-18(17)26(22(24)29)10-5-12-33-20-7-4-3-6-19(20)32-2/h3-4,6-9,14H,5,10-13,15H2,1-2H3. The number of likely N-dealkylation sites (tertiary alicyclic amines) is 1. The maximum Gasteiger partial charge on any atom is 0.250 e. The molecule has 174 valence electrons. The molecule has 2 heterocycles. The van der Waals surface area contributed by atoms with Crippen LogP contribution in [0.25, 0.3) is 0 Å². The van der Waals surface area contributed by atoms with E-state index in [1.807, 2.05) is 18.2 Å². The van der Waals surface area contributed by atoms with Crippen molar-refractivity contribution in [2.45, 2.75) is 18.3 Å². The van der Waals surface area contributed by atoms with Gasteiger partial charge in [0.05, 0.1) is 33.3 Å². The van der Waals surface area contributed by atoms with Gasteiger partial charge >= 0.3 is 0 Å². The number of ether oxygens (including phenoxy) is 3. The molecule has 2 aromatic carbocycles. The molecule has 4 rings (SSSR count). The van der Waals surface area contributed by atoms with Gasteiger partial charge in [0.2, 0.25) is 17.7 Å². The van der Waals surface area contributed by atoms with Gasteiger partial charge in [0.25, 0.3) is 0 Å². The molecule has 1 saturated heterocycles. The number of anilines is 1. The maximum absolute atomic E-state index is 13.6. The molecule has 2 aliphatic rings. The molecule has 8 nitrogen and oxygen atoms in total. The van der Waals surface area contributed by atoms with E-state index in [1.54, 1.807) is 36.3 Å². The molecule has 3 amide bonds. The Bertz CT molecular complexity index is 1090. The fraction of sp³-hybridized carbons (Fsp3) is 0.375. The van der Waals surface area contributed by atoms with Gasteiger partial charge in [-0.15, -0.1) is 0 Å². The van der Waals surface area contributed by atoms with Crippen LogP contribution in [0.5, 0.6) is 11.5 Å². The van der Waals surface area contributed by atoms with Crippen LogP contribution in [0.3, 0.4) is 0 Å². The first-order valence-corrected chi connectivity index (χ1v) is 11.0. The number of carbonyl (C=O) groups is 3. The summed E-state index contributed by atoms with van der Waals surface area (Å²) in [6.07, 6.45) is 0.299. The van der Waals surface area contributed by atoms with Gasteiger partial charge in [-0.05, 0) is 36.8 Å². The van der Waals surface area contributed by atoms with Crippen LogP contribution in [0.2, 0.25) is 5.02 Å². The van der Waals surface area contributed by atoms with Gasteiger partial charge in [-0.25, -0.2) is 0 Å². The Labute approximate surface area is 197 Å². The average molecular weight is 473 g/mol. The van der Waals surface area contributed by atoms with Gasteiger partial charge in [-0.2, -0.15) is 0 Å². The lowest BCUT2D eigenvalue weighted by atomic mass is 9.80. The Morgan fingerprint density at radius 1 is 0.939 bits per heavy atom. The second-order valence-corrected chi connectivity index (χ2v) is 8.33. The topological polar surface area (TPSA) is 85.4 Å². The third-order valence-corrected chi connectivity index (χ3v) is 6.25.